The maximum atomic E-state index is 12.1. The largest absolute Gasteiger partial charge is 0.435 e. The molecule has 108 valence electrons. The summed E-state index contributed by atoms with van der Waals surface area (Å²) in [7, 11) is 0. The third-order valence-corrected chi connectivity index (χ3v) is 4.10. The van der Waals surface area contributed by atoms with Gasteiger partial charge >= 0.3 is 6.61 Å². The van der Waals surface area contributed by atoms with Gasteiger partial charge in [-0.1, -0.05) is 12.1 Å². The van der Waals surface area contributed by atoms with Crippen LogP contribution >= 0.6 is 11.3 Å². The van der Waals surface area contributed by atoms with E-state index in [1.54, 1.807) is 23.5 Å². The van der Waals surface area contributed by atoms with Crippen LogP contribution in [0.2, 0.25) is 0 Å². The third kappa shape index (κ3) is 3.74. The molecular weight excluding hydrogens is 282 g/mol. The van der Waals surface area contributed by atoms with E-state index in [2.05, 4.69) is 9.72 Å². The Labute approximate surface area is 120 Å². The summed E-state index contributed by atoms with van der Waals surface area (Å²) in [5.74, 6) is 0.136. The van der Waals surface area contributed by atoms with Crippen LogP contribution in [0.5, 0.6) is 5.75 Å². The van der Waals surface area contributed by atoms with Gasteiger partial charge in [-0.15, -0.1) is 11.3 Å². The first kappa shape index (κ1) is 14.9. The van der Waals surface area contributed by atoms with E-state index in [-0.39, 0.29) is 11.8 Å². The van der Waals surface area contributed by atoms with Crippen LogP contribution in [0.25, 0.3) is 0 Å². The molecule has 0 saturated carbocycles. The molecule has 1 aromatic carbocycles. The zero-order chi connectivity index (χ0) is 14.7. The maximum Gasteiger partial charge on any atom is 0.387 e. The van der Waals surface area contributed by atoms with Gasteiger partial charge in [-0.2, -0.15) is 8.78 Å². The molecule has 3 nitrogen and oxygen atoms in total. The molecular formula is C14H16F2N2OS. The minimum Gasteiger partial charge on any atom is -0.435 e. The number of aromatic nitrogens is 1. The first-order chi connectivity index (χ1) is 9.45. The molecule has 1 atom stereocenters. The second-order valence-electron chi connectivity index (χ2n) is 4.51. The highest BCUT2D eigenvalue weighted by Gasteiger charge is 2.12. The average Bonchev–Trinajstić information content (AvgIpc) is 2.68. The number of alkyl halides is 2. The zero-order valence-corrected chi connectivity index (χ0v) is 12.1. The van der Waals surface area contributed by atoms with Gasteiger partial charge in [-0.3, -0.25) is 0 Å². The van der Waals surface area contributed by atoms with E-state index in [4.69, 9.17) is 5.73 Å². The molecule has 0 aliphatic rings. The molecule has 0 fully saturated rings. The molecule has 0 radical (unpaired) electrons. The lowest BCUT2D eigenvalue weighted by Gasteiger charge is -2.11. The molecule has 2 rings (SSSR count). The Kier molecular flexibility index (Phi) is 4.67. The summed E-state index contributed by atoms with van der Waals surface area (Å²) in [6, 6.07) is 6.20. The number of hydrogen-bond acceptors (Lipinski definition) is 4. The number of halogens is 2. The molecule has 2 aromatic rings. The standard InChI is InChI=1S/C14H16F2N2OS/c1-8-9(2)20-13(18-8)7-12(17)10-3-5-11(6-4-10)19-14(15)16/h3-6,12,14H,7,17H2,1-2H3. The van der Waals surface area contributed by atoms with Crippen molar-refractivity contribution in [1.29, 1.82) is 0 Å². The van der Waals surface area contributed by atoms with Crippen molar-refractivity contribution in [1.82, 2.24) is 4.98 Å². The Morgan fingerprint density at radius 2 is 1.90 bits per heavy atom. The molecule has 1 aromatic heterocycles. The topological polar surface area (TPSA) is 48.1 Å². The van der Waals surface area contributed by atoms with E-state index in [0.717, 1.165) is 16.3 Å². The van der Waals surface area contributed by atoms with E-state index in [1.165, 1.54) is 17.0 Å². The van der Waals surface area contributed by atoms with Crippen LogP contribution in [0.1, 0.15) is 27.2 Å². The molecule has 0 aliphatic carbocycles. The minimum atomic E-state index is -2.81. The third-order valence-electron chi connectivity index (χ3n) is 3.00. The van der Waals surface area contributed by atoms with Crippen LogP contribution in [0.3, 0.4) is 0 Å². The van der Waals surface area contributed by atoms with Crippen molar-refractivity contribution >= 4 is 11.3 Å². The first-order valence-electron chi connectivity index (χ1n) is 6.19. The number of ether oxygens (including phenoxy) is 1. The second-order valence-corrected chi connectivity index (χ2v) is 5.80. The number of nitrogens with zero attached hydrogens (tertiary/aromatic N) is 1. The van der Waals surface area contributed by atoms with Gasteiger partial charge in [-0.05, 0) is 31.5 Å². The number of hydrogen-bond donors (Lipinski definition) is 1. The summed E-state index contributed by atoms with van der Waals surface area (Å²) in [5.41, 5.74) is 8.01. The van der Waals surface area contributed by atoms with Gasteiger partial charge in [0.05, 0.1) is 10.7 Å². The lowest BCUT2D eigenvalue weighted by Crippen LogP contribution is -2.13. The fourth-order valence-corrected chi connectivity index (χ4v) is 2.82. The molecule has 0 amide bonds. The van der Waals surface area contributed by atoms with Crippen LogP contribution in [0, 0.1) is 13.8 Å². The van der Waals surface area contributed by atoms with Crippen molar-refractivity contribution in [3.8, 4) is 5.75 Å². The van der Waals surface area contributed by atoms with Crippen LogP contribution < -0.4 is 10.5 Å². The fourth-order valence-electron chi connectivity index (χ4n) is 1.83. The smallest absolute Gasteiger partial charge is 0.387 e. The fraction of sp³-hybridized carbons (Fsp3) is 0.357. The first-order valence-corrected chi connectivity index (χ1v) is 7.00. The molecule has 0 saturated heterocycles. The lowest BCUT2D eigenvalue weighted by atomic mass is 10.1. The quantitative estimate of drug-likeness (QED) is 0.917. The van der Waals surface area contributed by atoms with Gasteiger partial charge in [0.1, 0.15) is 5.75 Å². The van der Waals surface area contributed by atoms with Gasteiger partial charge in [0.25, 0.3) is 0 Å². The van der Waals surface area contributed by atoms with Gasteiger partial charge in [0.15, 0.2) is 0 Å². The van der Waals surface area contributed by atoms with Gasteiger partial charge in [0.2, 0.25) is 0 Å². The van der Waals surface area contributed by atoms with Crippen LogP contribution in [-0.4, -0.2) is 11.6 Å². The molecule has 0 aliphatic heterocycles. The van der Waals surface area contributed by atoms with Gasteiger partial charge in [-0.25, -0.2) is 4.98 Å². The van der Waals surface area contributed by atoms with Crippen molar-refractivity contribution in [3.05, 3.63) is 45.4 Å². The van der Waals surface area contributed by atoms with E-state index in [1.807, 2.05) is 13.8 Å². The number of thiazole rings is 1. The molecule has 1 unspecified atom stereocenters. The van der Waals surface area contributed by atoms with E-state index in [0.29, 0.717) is 6.42 Å². The van der Waals surface area contributed by atoms with Crippen molar-refractivity contribution in [2.75, 3.05) is 0 Å². The van der Waals surface area contributed by atoms with Crippen LogP contribution in [-0.2, 0) is 6.42 Å². The molecule has 0 spiro atoms. The Balaban J connectivity index is 2.03. The molecule has 20 heavy (non-hydrogen) atoms. The van der Waals surface area contributed by atoms with Crippen LogP contribution in [0.4, 0.5) is 8.78 Å². The Morgan fingerprint density at radius 1 is 1.25 bits per heavy atom. The van der Waals surface area contributed by atoms with E-state index >= 15 is 0 Å². The summed E-state index contributed by atoms with van der Waals surface area (Å²) in [6.07, 6.45) is 0.633. The zero-order valence-electron chi connectivity index (χ0n) is 11.3. The highest BCUT2D eigenvalue weighted by molar-refractivity contribution is 7.11. The van der Waals surface area contributed by atoms with Crippen molar-refractivity contribution in [3.63, 3.8) is 0 Å². The second kappa shape index (κ2) is 6.28. The highest BCUT2D eigenvalue weighted by atomic mass is 32.1. The summed E-state index contributed by atoms with van der Waals surface area (Å²) >= 11 is 1.63. The molecule has 6 heteroatoms. The molecule has 1 heterocycles. The van der Waals surface area contributed by atoms with E-state index < -0.39 is 6.61 Å². The molecule has 0 bridgehead atoms. The van der Waals surface area contributed by atoms with Crippen molar-refractivity contribution in [2.24, 2.45) is 5.73 Å². The summed E-state index contributed by atoms with van der Waals surface area (Å²) in [5, 5.41) is 0.986. The number of nitrogens with two attached hydrogens (primary N) is 1. The Bertz CT molecular complexity index is 550. The number of rotatable bonds is 5. The number of aryl methyl sites for hydroxylation is 2. The van der Waals surface area contributed by atoms with Crippen LogP contribution in [0.15, 0.2) is 24.3 Å². The summed E-state index contributed by atoms with van der Waals surface area (Å²) < 4.78 is 28.4. The minimum absolute atomic E-state index is 0.136. The average molecular weight is 298 g/mol. The summed E-state index contributed by atoms with van der Waals surface area (Å²) in [4.78, 5) is 5.64. The normalized spacial score (nSPS) is 12.7. The van der Waals surface area contributed by atoms with Crippen molar-refractivity contribution in [2.45, 2.75) is 32.9 Å². The monoisotopic (exact) mass is 298 g/mol. The number of benzene rings is 1. The molecule has 2 N–H and O–H groups in total. The SMILES string of the molecule is Cc1nc(CC(N)c2ccc(OC(F)F)cc2)sc1C. The Hall–Kier alpha value is -1.53. The predicted octanol–water partition coefficient (Wildman–Crippen LogP) is 3.60. The van der Waals surface area contributed by atoms with Crippen molar-refractivity contribution < 1.29 is 13.5 Å². The van der Waals surface area contributed by atoms with Gasteiger partial charge < -0.3 is 10.5 Å². The maximum absolute atomic E-state index is 12.1. The van der Waals surface area contributed by atoms with Gasteiger partial charge in [0, 0.05) is 17.3 Å². The lowest BCUT2D eigenvalue weighted by molar-refractivity contribution is -0.0498. The Morgan fingerprint density at radius 3 is 2.40 bits per heavy atom. The predicted molar refractivity (Wildman–Crippen MR) is 75.3 cm³/mol. The van der Waals surface area contributed by atoms with E-state index in [9.17, 15) is 8.78 Å². The summed E-state index contributed by atoms with van der Waals surface area (Å²) in [6.45, 7) is 1.19. The highest BCUT2D eigenvalue weighted by Crippen LogP contribution is 2.24.